The zero-order valence-corrected chi connectivity index (χ0v) is 16.2. The van der Waals surface area contributed by atoms with Crippen molar-refractivity contribution in [3.63, 3.8) is 0 Å². The Morgan fingerprint density at radius 3 is 2.73 bits per heavy atom. The van der Waals surface area contributed by atoms with Crippen molar-refractivity contribution in [3.05, 3.63) is 56.8 Å². The first-order chi connectivity index (χ1) is 12.5. The van der Waals surface area contributed by atoms with E-state index < -0.39 is 0 Å². The van der Waals surface area contributed by atoms with Gasteiger partial charge in [-0.3, -0.25) is 0 Å². The molecule has 9 heteroatoms. The second kappa shape index (κ2) is 7.90. The van der Waals surface area contributed by atoms with E-state index in [0.29, 0.717) is 43.3 Å². The average Bonchev–Trinajstić information content (AvgIpc) is 3.02. The molecule has 0 unspecified atom stereocenters. The molecular formula is C17H14Cl2N4O2S. The number of nitrogens with one attached hydrogen (secondary N) is 1. The topological polar surface area (TPSA) is 64.4 Å². The van der Waals surface area contributed by atoms with Gasteiger partial charge in [0.25, 0.3) is 0 Å². The van der Waals surface area contributed by atoms with Crippen LogP contribution < -0.4 is 9.47 Å². The molecule has 0 aliphatic rings. The molecule has 3 aromatic rings. The Bertz CT molecular complexity index is 1030. The Morgan fingerprint density at radius 1 is 1.19 bits per heavy atom. The molecule has 26 heavy (non-hydrogen) atoms. The smallest absolute Gasteiger partial charge is 0.216 e. The molecular weight excluding hydrogens is 395 g/mol. The van der Waals surface area contributed by atoms with Crippen LogP contribution in [0.5, 0.6) is 11.5 Å². The number of ether oxygens (including phenoxy) is 2. The number of rotatable bonds is 5. The van der Waals surface area contributed by atoms with Crippen molar-refractivity contribution in [2.45, 2.75) is 0 Å². The van der Waals surface area contributed by atoms with Crippen molar-refractivity contribution in [3.8, 4) is 22.9 Å². The molecule has 0 atom stereocenters. The summed E-state index contributed by atoms with van der Waals surface area (Å²) in [6, 6.07) is 10.7. The molecule has 0 saturated heterocycles. The highest BCUT2D eigenvalue weighted by molar-refractivity contribution is 7.71. The molecule has 3 rings (SSSR count). The molecule has 0 saturated carbocycles. The third-order valence-corrected chi connectivity index (χ3v) is 4.69. The third kappa shape index (κ3) is 3.60. The van der Waals surface area contributed by atoms with Crippen molar-refractivity contribution in [2.24, 2.45) is 5.10 Å². The Kier molecular flexibility index (Phi) is 5.61. The molecule has 0 radical (unpaired) electrons. The van der Waals surface area contributed by atoms with Crippen molar-refractivity contribution in [2.75, 3.05) is 14.2 Å². The van der Waals surface area contributed by atoms with Gasteiger partial charge in [0.2, 0.25) is 4.77 Å². The lowest BCUT2D eigenvalue weighted by Crippen LogP contribution is -1.98. The number of halogens is 2. The molecule has 2 aromatic carbocycles. The Labute approximate surface area is 165 Å². The number of aromatic nitrogens is 3. The number of benzene rings is 2. The highest BCUT2D eigenvalue weighted by Gasteiger charge is 2.14. The molecule has 0 amide bonds. The van der Waals surface area contributed by atoms with E-state index in [2.05, 4.69) is 15.3 Å². The minimum Gasteiger partial charge on any atom is -0.497 e. The molecule has 6 nitrogen and oxygen atoms in total. The van der Waals surface area contributed by atoms with Crippen molar-refractivity contribution < 1.29 is 9.47 Å². The van der Waals surface area contributed by atoms with Crippen LogP contribution in [0.25, 0.3) is 11.4 Å². The summed E-state index contributed by atoms with van der Waals surface area (Å²) in [6.45, 7) is 0. The third-order valence-electron chi connectivity index (χ3n) is 3.59. The number of hydrogen-bond acceptors (Lipinski definition) is 5. The molecule has 0 fully saturated rings. The monoisotopic (exact) mass is 408 g/mol. The summed E-state index contributed by atoms with van der Waals surface area (Å²) in [7, 11) is 3.16. The van der Waals surface area contributed by atoms with E-state index in [-0.39, 0.29) is 0 Å². The summed E-state index contributed by atoms with van der Waals surface area (Å²) in [5.74, 6) is 1.74. The van der Waals surface area contributed by atoms with Crippen LogP contribution in [0.2, 0.25) is 10.0 Å². The minimum atomic E-state index is 0.326. The van der Waals surface area contributed by atoms with Crippen LogP contribution in [0.3, 0.4) is 0 Å². The summed E-state index contributed by atoms with van der Waals surface area (Å²) >= 11 is 17.5. The fourth-order valence-electron chi connectivity index (χ4n) is 2.30. The van der Waals surface area contributed by atoms with Gasteiger partial charge in [-0.2, -0.15) is 14.9 Å². The molecule has 1 heterocycles. The van der Waals surface area contributed by atoms with E-state index in [1.165, 1.54) is 4.68 Å². The van der Waals surface area contributed by atoms with Crippen LogP contribution in [0.15, 0.2) is 41.5 Å². The number of hydrogen-bond donors (Lipinski definition) is 1. The zero-order chi connectivity index (χ0) is 18.7. The maximum Gasteiger partial charge on any atom is 0.216 e. The van der Waals surface area contributed by atoms with Gasteiger partial charge < -0.3 is 9.47 Å². The lowest BCUT2D eigenvalue weighted by atomic mass is 10.2. The van der Waals surface area contributed by atoms with Crippen LogP contribution in [-0.2, 0) is 0 Å². The first-order valence-corrected chi connectivity index (χ1v) is 8.59. The SMILES string of the molecule is COc1ccc(-c2n[nH]c(=S)n2/N=C\c2cccc(Cl)c2Cl)c(OC)c1. The Hall–Kier alpha value is -2.35. The van der Waals surface area contributed by atoms with Gasteiger partial charge in [0.15, 0.2) is 5.82 Å². The molecule has 0 aliphatic heterocycles. The summed E-state index contributed by atoms with van der Waals surface area (Å²) < 4.78 is 12.5. The summed E-state index contributed by atoms with van der Waals surface area (Å²) in [5.41, 5.74) is 1.37. The van der Waals surface area contributed by atoms with Gasteiger partial charge in [-0.05, 0) is 30.4 Å². The number of methoxy groups -OCH3 is 2. The number of nitrogens with zero attached hydrogens (tertiary/aromatic N) is 3. The maximum atomic E-state index is 6.20. The summed E-state index contributed by atoms with van der Waals surface area (Å²) in [5, 5.41) is 12.2. The fourth-order valence-corrected chi connectivity index (χ4v) is 2.83. The molecule has 134 valence electrons. The predicted octanol–water partition coefficient (Wildman–Crippen LogP) is 4.81. The molecule has 0 aliphatic carbocycles. The predicted molar refractivity (Wildman–Crippen MR) is 105 cm³/mol. The quantitative estimate of drug-likeness (QED) is 0.485. The van der Waals surface area contributed by atoms with Crippen LogP contribution >= 0.6 is 35.4 Å². The van der Waals surface area contributed by atoms with Gasteiger partial charge in [0.05, 0.1) is 36.0 Å². The van der Waals surface area contributed by atoms with E-state index in [4.69, 9.17) is 44.9 Å². The van der Waals surface area contributed by atoms with Crippen molar-refractivity contribution in [1.29, 1.82) is 0 Å². The molecule has 0 bridgehead atoms. The van der Waals surface area contributed by atoms with Gasteiger partial charge >= 0.3 is 0 Å². The van der Waals surface area contributed by atoms with E-state index >= 15 is 0 Å². The van der Waals surface area contributed by atoms with Crippen LogP contribution in [0.4, 0.5) is 0 Å². The normalized spacial score (nSPS) is 11.1. The Balaban J connectivity index is 2.07. The van der Waals surface area contributed by atoms with Gasteiger partial charge in [-0.15, -0.1) is 0 Å². The largest absolute Gasteiger partial charge is 0.497 e. The van der Waals surface area contributed by atoms with E-state index in [0.717, 1.165) is 0 Å². The summed E-state index contributed by atoms with van der Waals surface area (Å²) in [4.78, 5) is 0. The van der Waals surface area contributed by atoms with Gasteiger partial charge in [0.1, 0.15) is 11.5 Å². The Morgan fingerprint density at radius 2 is 2.00 bits per heavy atom. The first kappa shape index (κ1) is 18.4. The zero-order valence-electron chi connectivity index (χ0n) is 13.9. The molecule has 0 spiro atoms. The van der Waals surface area contributed by atoms with Crippen molar-refractivity contribution >= 4 is 41.6 Å². The molecule has 1 aromatic heterocycles. The lowest BCUT2D eigenvalue weighted by molar-refractivity contribution is 0.395. The standard InChI is InChI=1S/C17H14Cl2N4O2S/c1-24-11-6-7-12(14(8-11)25-2)16-21-22-17(26)23(16)20-9-10-4-3-5-13(18)15(10)19/h3-9H,1-2H3,(H,22,26)/b20-9-. The fraction of sp³-hybridized carbons (Fsp3) is 0.118. The maximum absolute atomic E-state index is 6.20. The second-order valence-corrected chi connectivity index (χ2v) is 6.29. The average molecular weight is 409 g/mol. The highest BCUT2D eigenvalue weighted by Crippen LogP contribution is 2.32. The van der Waals surface area contributed by atoms with Crippen molar-refractivity contribution in [1.82, 2.24) is 14.9 Å². The second-order valence-electron chi connectivity index (χ2n) is 5.12. The number of H-pyrrole nitrogens is 1. The molecule has 1 N–H and O–H groups in total. The van der Waals surface area contributed by atoms with Gasteiger partial charge in [0, 0.05) is 11.6 Å². The van der Waals surface area contributed by atoms with Crippen LogP contribution in [-0.4, -0.2) is 35.3 Å². The lowest BCUT2D eigenvalue weighted by Gasteiger charge is -2.09. The minimum absolute atomic E-state index is 0.326. The summed E-state index contributed by atoms with van der Waals surface area (Å²) in [6.07, 6.45) is 1.57. The van der Waals surface area contributed by atoms with E-state index in [1.807, 2.05) is 6.07 Å². The van der Waals surface area contributed by atoms with Crippen LogP contribution in [0, 0.1) is 4.77 Å². The first-order valence-electron chi connectivity index (χ1n) is 7.43. The van der Waals surface area contributed by atoms with E-state index in [1.54, 1.807) is 50.8 Å². The number of aromatic amines is 1. The van der Waals surface area contributed by atoms with Gasteiger partial charge in [-0.25, -0.2) is 5.10 Å². The van der Waals surface area contributed by atoms with Gasteiger partial charge in [-0.1, -0.05) is 35.3 Å². The van der Waals surface area contributed by atoms with E-state index in [9.17, 15) is 0 Å². The highest BCUT2D eigenvalue weighted by atomic mass is 35.5. The van der Waals surface area contributed by atoms with Crippen LogP contribution in [0.1, 0.15) is 5.56 Å².